The molecule has 0 amide bonds. The molecule has 0 spiro atoms. The first-order chi connectivity index (χ1) is 12.0. The number of carboxylic acid groups (broad SMARTS) is 1. The van der Waals surface area contributed by atoms with Crippen LogP contribution in [-0.4, -0.2) is 16.9 Å². The maximum absolute atomic E-state index is 12.8. The van der Waals surface area contributed by atoms with E-state index in [1.54, 1.807) is 24.3 Å². The summed E-state index contributed by atoms with van der Waals surface area (Å²) in [7, 11) is 0. The molecule has 0 atom stereocenters. The number of carboxylic acids is 1. The molecule has 3 nitrogen and oxygen atoms in total. The van der Waals surface area contributed by atoms with E-state index in [2.05, 4.69) is 28.1 Å². The second-order valence-electron chi connectivity index (χ2n) is 6.03. The summed E-state index contributed by atoms with van der Waals surface area (Å²) in [6, 6.07) is 18.1. The summed E-state index contributed by atoms with van der Waals surface area (Å²) >= 11 is 3.49. The molecule has 0 aliphatic heterocycles. The van der Waals surface area contributed by atoms with Gasteiger partial charge in [0.15, 0.2) is 5.78 Å². The van der Waals surface area contributed by atoms with E-state index >= 15 is 0 Å². The molecule has 25 heavy (non-hydrogen) atoms. The van der Waals surface area contributed by atoms with Crippen LogP contribution in [0.15, 0.2) is 65.1 Å². The maximum atomic E-state index is 12.8. The van der Waals surface area contributed by atoms with Crippen molar-refractivity contribution in [2.75, 3.05) is 0 Å². The van der Waals surface area contributed by atoms with E-state index < -0.39 is 5.97 Å². The minimum Gasteiger partial charge on any atom is -0.478 e. The molecule has 3 aromatic carbocycles. The van der Waals surface area contributed by atoms with Crippen molar-refractivity contribution in [2.45, 2.75) is 6.42 Å². The average molecular weight is 393 g/mol. The van der Waals surface area contributed by atoms with Crippen molar-refractivity contribution < 1.29 is 14.7 Å². The summed E-state index contributed by atoms with van der Waals surface area (Å²) in [5, 5.41) is 9.30. The van der Waals surface area contributed by atoms with Crippen LogP contribution < -0.4 is 0 Å². The number of fused-ring (bicyclic) bond motifs is 3. The SMILES string of the molecule is O=C(O)c1ccccc1C(=O)c1ccc2c(c1)Cc1cc(Br)ccc1-2. The third-order valence-corrected chi connectivity index (χ3v) is 5.00. The number of hydrogen-bond acceptors (Lipinski definition) is 2. The molecular weight excluding hydrogens is 380 g/mol. The first-order valence-corrected chi connectivity index (χ1v) is 8.62. The van der Waals surface area contributed by atoms with Crippen LogP contribution >= 0.6 is 15.9 Å². The van der Waals surface area contributed by atoms with Gasteiger partial charge in [0.25, 0.3) is 0 Å². The predicted octanol–water partition coefficient (Wildman–Crippen LogP) is 4.95. The number of ketones is 1. The van der Waals surface area contributed by atoms with Crippen molar-refractivity contribution in [2.24, 2.45) is 0 Å². The monoisotopic (exact) mass is 392 g/mol. The zero-order valence-corrected chi connectivity index (χ0v) is 14.7. The Hall–Kier alpha value is -2.72. The summed E-state index contributed by atoms with van der Waals surface area (Å²) in [5.74, 6) is -1.36. The molecule has 0 saturated heterocycles. The Morgan fingerprint density at radius 1 is 0.840 bits per heavy atom. The molecule has 0 radical (unpaired) electrons. The molecule has 4 heteroatoms. The Balaban J connectivity index is 1.75. The number of carbonyl (C=O) groups is 2. The van der Waals surface area contributed by atoms with Gasteiger partial charge in [0.1, 0.15) is 0 Å². The van der Waals surface area contributed by atoms with Crippen LogP contribution in [-0.2, 0) is 6.42 Å². The standard InChI is InChI=1S/C21H13BrO3/c22-15-6-8-17-14(11-15)10-13-9-12(5-7-16(13)17)20(23)18-3-1-2-4-19(18)21(24)25/h1-9,11H,10H2,(H,24,25). The van der Waals surface area contributed by atoms with Crippen molar-refractivity contribution >= 4 is 27.7 Å². The molecule has 1 N–H and O–H groups in total. The highest BCUT2D eigenvalue weighted by Gasteiger charge is 2.22. The summed E-state index contributed by atoms with van der Waals surface area (Å²) < 4.78 is 1.03. The summed E-state index contributed by atoms with van der Waals surface area (Å²) in [6.07, 6.45) is 0.770. The van der Waals surface area contributed by atoms with Gasteiger partial charge in [0.05, 0.1) is 5.56 Å². The lowest BCUT2D eigenvalue weighted by Gasteiger charge is -2.07. The number of carbonyl (C=O) groups excluding carboxylic acids is 1. The van der Waals surface area contributed by atoms with Gasteiger partial charge in [-0.15, -0.1) is 0 Å². The van der Waals surface area contributed by atoms with E-state index in [1.807, 2.05) is 18.2 Å². The Bertz CT molecular complexity index is 1040. The van der Waals surface area contributed by atoms with Gasteiger partial charge in [-0.1, -0.05) is 52.3 Å². The molecule has 0 saturated carbocycles. The van der Waals surface area contributed by atoms with Gasteiger partial charge in [0, 0.05) is 15.6 Å². The van der Waals surface area contributed by atoms with Crippen LogP contribution in [0.2, 0.25) is 0 Å². The second-order valence-corrected chi connectivity index (χ2v) is 6.95. The number of hydrogen-bond donors (Lipinski definition) is 1. The molecule has 122 valence electrons. The van der Waals surface area contributed by atoms with Crippen molar-refractivity contribution in [3.8, 4) is 11.1 Å². The van der Waals surface area contributed by atoms with Gasteiger partial charge in [-0.05, 0) is 52.9 Å². The second kappa shape index (κ2) is 5.97. The molecule has 4 rings (SSSR count). The minimum absolute atomic E-state index is 0.0280. The van der Waals surface area contributed by atoms with Crippen LogP contribution in [0.4, 0.5) is 0 Å². The number of rotatable bonds is 3. The first kappa shape index (κ1) is 15.8. The third kappa shape index (κ3) is 2.68. The number of benzene rings is 3. The van der Waals surface area contributed by atoms with Crippen LogP contribution in [0.5, 0.6) is 0 Å². The van der Waals surface area contributed by atoms with Crippen molar-refractivity contribution in [3.63, 3.8) is 0 Å². The highest BCUT2D eigenvalue weighted by Crippen LogP contribution is 2.38. The van der Waals surface area contributed by atoms with Crippen molar-refractivity contribution in [1.82, 2.24) is 0 Å². The average Bonchev–Trinajstić information content (AvgIpc) is 2.97. The molecule has 1 aliphatic rings. The zero-order chi connectivity index (χ0) is 17.6. The first-order valence-electron chi connectivity index (χ1n) is 7.83. The summed E-state index contributed by atoms with van der Waals surface area (Å²) in [4.78, 5) is 24.2. The smallest absolute Gasteiger partial charge is 0.336 e. The summed E-state index contributed by atoms with van der Waals surface area (Å²) in [5.41, 5.74) is 5.38. The van der Waals surface area contributed by atoms with E-state index in [1.165, 1.54) is 17.2 Å². The number of halogens is 1. The van der Waals surface area contributed by atoms with E-state index in [4.69, 9.17) is 0 Å². The molecule has 0 heterocycles. The van der Waals surface area contributed by atoms with Gasteiger partial charge < -0.3 is 5.11 Å². The zero-order valence-electron chi connectivity index (χ0n) is 13.1. The molecule has 3 aromatic rings. The highest BCUT2D eigenvalue weighted by atomic mass is 79.9. The van der Waals surface area contributed by atoms with Gasteiger partial charge in [-0.25, -0.2) is 4.79 Å². The van der Waals surface area contributed by atoms with E-state index in [0.717, 1.165) is 22.0 Å². The normalized spacial score (nSPS) is 11.7. The topological polar surface area (TPSA) is 54.4 Å². The van der Waals surface area contributed by atoms with Crippen LogP contribution in [0.25, 0.3) is 11.1 Å². The highest BCUT2D eigenvalue weighted by molar-refractivity contribution is 9.10. The molecule has 0 bridgehead atoms. The lowest BCUT2D eigenvalue weighted by Crippen LogP contribution is -2.09. The van der Waals surface area contributed by atoms with E-state index in [-0.39, 0.29) is 16.9 Å². The Morgan fingerprint density at radius 3 is 2.20 bits per heavy atom. The Morgan fingerprint density at radius 2 is 1.48 bits per heavy atom. The Labute approximate surface area is 153 Å². The fourth-order valence-corrected chi connectivity index (χ4v) is 3.75. The van der Waals surface area contributed by atoms with Crippen LogP contribution in [0, 0.1) is 0 Å². The van der Waals surface area contributed by atoms with Gasteiger partial charge in [0.2, 0.25) is 0 Å². The van der Waals surface area contributed by atoms with Crippen LogP contribution in [0.1, 0.15) is 37.4 Å². The van der Waals surface area contributed by atoms with Crippen LogP contribution in [0.3, 0.4) is 0 Å². The van der Waals surface area contributed by atoms with Gasteiger partial charge in [-0.2, -0.15) is 0 Å². The molecule has 0 aromatic heterocycles. The van der Waals surface area contributed by atoms with Crippen molar-refractivity contribution in [1.29, 1.82) is 0 Å². The predicted molar refractivity (Wildman–Crippen MR) is 99.2 cm³/mol. The Kier molecular flexibility index (Phi) is 3.77. The number of aromatic carboxylic acids is 1. The molecule has 1 aliphatic carbocycles. The molecular formula is C21H13BrO3. The van der Waals surface area contributed by atoms with Gasteiger partial charge in [-0.3, -0.25) is 4.79 Å². The van der Waals surface area contributed by atoms with Gasteiger partial charge >= 0.3 is 5.97 Å². The minimum atomic E-state index is -1.10. The third-order valence-electron chi connectivity index (χ3n) is 4.51. The molecule has 0 unspecified atom stereocenters. The largest absolute Gasteiger partial charge is 0.478 e. The summed E-state index contributed by atoms with van der Waals surface area (Å²) in [6.45, 7) is 0. The fraction of sp³-hybridized carbons (Fsp3) is 0.0476. The maximum Gasteiger partial charge on any atom is 0.336 e. The quantitative estimate of drug-likeness (QED) is 0.501. The lowest BCUT2D eigenvalue weighted by atomic mass is 9.95. The van der Waals surface area contributed by atoms with E-state index in [9.17, 15) is 14.7 Å². The lowest BCUT2D eigenvalue weighted by molar-refractivity contribution is 0.0693. The van der Waals surface area contributed by atoms with E-state index in [0.29, 0.717) is 5.56 Å². The fourth-order valence-electron chi connectivity index (χ4n) is 3.34. The molecule has 0 fully saturated rings. The van der Waals surface area contributed by atoms with Crippen molar-refractivity contribution in [3.05, 3.63) is 93.0 Å².